The van der Waals surface area contributed by atoms with E-state index in [1.54, 1.807) is 13.8 Å². The van der Waals surface area contributed by atoms with Gasteiger partial charge in [-0.05, 0) is 27.2 Å². The molecule has 2 saturated heterocycles. The van der Waals surface area contributed by atoms with E-state index in [1.165, 1.54) is 13.3 Å². The Morgan fingerprint density at radius 2 is 1.89 bits per heavy atom. The van der Waals surface area contributed by atoms with Gasteiger partial charge in [0.1, 0.15) is 19.3 Å². The van der Waals surface area contributed by atoms with Gasteiger partial charge in [-0.15, -0.1) is 0 Å². The van der Waals surface area contributed by atoms with Gasteiger partial charge in [-0.1, -0.05) is 6.92 Å². The molecule has 0 spiro atoms. The first-order valence-electron chi connectivity index (χ1n) is 6.41. The molecule has 2 heterocycles. The first-order chi connectivity index (χ1) is 8.53. The summed E-state index contributed by atoms with van der Waals surface area (Å²) >= 11 is 0. The van der Waals surface area contributed by atoms with Crippen molar-refractivity contribution in [3.8, 4) is 0 Å². The molecule has 2 fully saturated rings. The molecular formula is C12H22FO5P. The van der Waals surface area contributed by atoms with Crippen LogP contribution >= 0.6 is 7.14 Å². The predicted octanol–water partition coefficient (Wildman–Crippen LogP) is 1.78. The molecule has 1 N–H and O–H groups in total. The highest BCUT2D eigenvalue weighted by molar-refractivity contribution is 7.62. The quantitative estimate of drug-likeness (QED) is 0.804. The van der Waals surface area contributed by atoms with Crippen LogP contribution in [0.15, 0.2) is 0 Å². The van der Waals surface area contributed by atoms with Gasteiger partial charge in [0.15, 0.2) is 18.0 Å². The number of halogens is 1. The van der Waals surface area contributed by atoms with E-state index in [0.717, 1.165) is 0 Å². The average molecular weight is 296 g/mol. The molecule has 2 aliphatic heterocycles. The van der Waals surface area contributed by atoms with Gasteiger partial charge < -0.3 is 23.9 Å². The summed E-state index contributed by atoms with van der Waals surface area (Å²) in [4.78, 5) is 0. The fourth-order valence-electron chi connectivity index (χ4n) is 2.60. The van der Waals surface area contributed by atoms with E-state index in [1.807, 2.05) is 6.92 Å². The Bertz CT molecular complexity index is 396. The maximum absolute atomic E-state index is 14.0. The second-order valence-electron chi connectivity index (χ2n) is 6.23. The largest absolute Gasteiger partial charge is 0.387 e. The first-order valence-corrected chi connectivity index (χ1v) is 9.08. The van der Waals surface area contributed by atoms with Gasteiger partial charge in [0.05, 0.1) is 6.10 Å². The summed E-state index contributed by atoms with van der Waals surface area (Å²) in [5.74, 6) is -2.77. The standard InChI is InChI=1S/C12H22FO5P/c1-6-8(7(14)10(13)19(4,5)15)16-11-9(6)17-12(2,3)18-11/h6-11,14H,1-5H3/t6-,7?,8+,9-,10?,11-/m1/s1. The molecule has 0 aliphatic carbocycles. The zero-order valence-corrected chi connectivity index (χ0v) is 12.8. The smallest absolute Gasteiger partial charge is 0.187 e. The van der Waals surface area contributed by atoms with Crippen LogP contribution < -0.4 is 0 Å². The lowest BCUT2D eigenvalue weighted by Gasteiger charge is -2.29. The van der Waals surface area contributed by atoms with Gasteiger partial charge in [0, 0.05) is 5.92 Å². The lowest BCUT2D eigenvalue weighted by atomic mass is 9.97. The third-order valence-electron chi connectivity index (χ3n) is 3.63. The predicted molar refractivity (Wildman–Crippen MR) is 68.2 cm³/mol. The molecule has 2 rings (SSSR count). The van der Waals surface area contributed by atoms with E-state index in [0.29, 0.717) is 0 Å². The number of rotatable bonds is 3. The van der Waals surface area contributed by atoms with Crippen molar-refractivity contribution in [1.29, 1.82) is 0 Å². The third kappa shape index (κ3) is 2.88. The van der Waals surface area contributed by atoms with Crippen LogP contribution in [-0.2, 0) is 18.8 Å². The van der Waals surface area contributed by atoms with Gasteiger partial charge in [-0.25, -0.2) is 4.39 Å². The molecule has 0 bridgehead atoms. The molecule has 2 unspecified atom stereocenters. The maximum Gasteiger partial charge on any atom is 0.187 e. The Kier molecular flexibility index (Phi) is 3.87. The number of alkyl halides is 1. The maximum atomic E-state index is 14.0. The van der Waals surface area contributed by atoms with E-state index >= 15 is 0 Å². The van der Waals surface area contributed by atoms with E-state index in [4.69, 9.17) is 14.2 Å². The van der Waals surface area contributed by atoms with Crippen LogP contribution in [-0.4, -0.2) is 54.7 Å². The SMILES string of the molecule is C[C@H]1[C@H]2OC(C)(C)O[C@H]2O[C@@H]1C(O)C(F)P(C)(C)=O. The lowest BCUT2D eigenvalue weighted by Crippen LogP contribution is -2.40. The Morgan fingerprint density at radius 3 is 2.37 bits per heavy atom. The van der Waals surface area contributed by atoms with Gasteiger partial charge in [-0.2, -0.15) is 0 Å². The second-order valence-corrected chi connectivity index (χ2v) is 9.59. The van der Waals surface area contributed by atoms with Crippen LogP contribution in [0.4, 0.5) is 4.39 Å². The summed E-state index contributed by atoms with van der Waals surface area (Å²) in [6, 6.07) is 0. The Morgan fingerprint density at radius 1 is 1.32 bits per heavy atom. The molecule has 0 saturated carbocycles. The van der Waals surface area contributed by atoms with Gasteiger partial charge in [0.2, 0.25) is 0 Å². The fraction of sp³-hybridized carbons (Fsp3) is 1.00. The Balaban J connectivity index is 2.08. The molecule has 2 aliphatic rings. The van der Waals surface area contributed by atoms with Gasteiger partial charge in [-0.3, -0.25) is 0 Å². The highest BCUT2D eigenvalue weighted by Gasteiger charge is 2.56. The monoisotopic (exact) mass is 296 g/mol. The fourth-order valence-corrected chi connectivity index (χ4v) is 3.51. The minimum atomic E-state index is -3.03. The van der Waals surface area contributed by atoms with Crippen molar-refractivity contribution in [3.63, 3.8) is 0 Å². The number of ether oxygens (including phenoxy) is 3. The van der Waals surface area contributed by atoms with Crippen molar-refractivity contribution in [2.24, 2.45) is 5.92 Å². The van der Waals surface area contributed by atoms with Crippen molar-refractivity contribution >= 4 is 7.14 Å². The zero-order valence-electron chi connectivity index (χ0n) is 11.9. The third-order valence-corrected chi connectivity index (χ3v) is 5.12. The molecule has 0 radical (unpaired) electrons. The number of aliphatic hydroxyl groups excluding tert-OH is 1. The molecule has 0 aromatic carbocycles. The van der Waals surface area contributed by atoms with Crippen LogP contribution in [0.25, 0.3) is 0 Å². The first kappa shape index (κ1) is 15.4. The molecular weight excluding hydrogens is 274 g/mol. The molecule has 19 heavy (non-hydrogen) atoms. The molecule has 0 aromatic rings. The Labute approximate surface area is 112 Å². The normalized spacial score (nSPS) is 41.0. The summed E-state index contributed by atoms with van der Waals surface area (Å²) in [5.41, 5.74) is 0. The number of hydrogen-bond acceptors (Lipinski definition) is 5. The van der Waals surface area contributed by atoms with Crippen LogP contribution in [0.5, 0.6) is 0 Å². The summed E-state index contributed by atoms with van der Waals surface area (Å²) in [7, 11) is -3.03. The zero-order chi connectivity index (χ0) is 14.6. The van der Waals surface area contributed by atoms with Crippen molar-refractivity contribution in [2.75, 3.05) is 13.3 Å². The van der Waals surface area contributed by atoms with Crippen LogP contribution in [0.2, 0.25) is 0 Å². The van der Waals surface area contributed by atoms with E-state index in [9.17, 15) is 14.1 Å². The summed E-state index contributed by atoms with van der Waals surface area (Å²) in [6.45, 7) is 8.00. The van der Waals surface area contributed by atoms with E-state index in [2.05, 4.69) is 0 Å². The minimum Gasteiger partial charge on any atom is -0.387 e. The number of hydrogen-bond donors (Lipinski definition) is 1. The van der Waals surface area contributed by atoms with Gasteiger partial charge >= 0.3 is 0 Å². The summed E-state index contributed by atoms with van der Waals surface area (Å²) in [5, 5.41) is 10.0. The summed E-state index contributed by atoms with van der Waals surface area (Å²) in [6.07, 6.45) is -3.15. The van der Waals surface area contributed by atoms with Crippen molar-refractivity contribution in [2.45, 2.75) is 57.1 Å². The molecule has 0 aromatic heterocycles. The van der Waals surface area contributed by atoms with Gasteiger partial charge in [0.25, 0.3) is 0 Å². The number of fused-ring (bicyclic) bond motifs is 1. The van der Waals surface area contributed by atoms with Crippen LogP contribution in [0.1, 0.15) is 20.8 Å². The summed E-state index contributed by atoms with van der Waals surface area (Å²) < 4.78 is 42.5. The van der Waals surface area contributed by atoms with Crippen molar-refractivity contribution in [1.82, 2.24) is 0 Å². The Hall–Kier alpha value is -0.0000000000000000278. The molecule has 0 amide bonds. The van der Waals surface area contributed by atoms with E-state index < -0.39 is 37.3 Å². The average Bonchev–Trinajstić information content (AvgIpc) is 2.70. The van der Waals surface area contributed by atoms with Crippen molar-refractivity contribution < 1.29 is 28.3 Å². The minimum absolute atomic E-state index is 0.230. The highest BCUT2D eigenvalue weighted by Crippen LogP contribution is 2.49. The molecule has 112 valence electrons. The second kappa shape index (κ2) is 4.78. The van der Waals surface area contributed by atoms with Crippen LogP contribution in [0.3, 0.4) is 0 Å². The highest BCUT2D eigenvalue weighted by atomic mass is 31.2. The topological polar surface area (TPSA) is 65.0 Å². The van der Waals surface area contributed by atoms with Crippen molar-refractivity contribution in [3.05, 3.63) is 0 Å². The lowest BCUT2D eigenvalue weighted by molar-refractivity contribution is -0.221. The van der Waals surface area contributed by atoms with Crippen LogP contribution in [0, 0.1) is 5.92 Å². The molecule has 6 atom stereocenters. The van der Waals surface area contributed by atoms with E-state index in [-0.39, 0.29) is 12.0 Å². The molecule has 7 heteroatoms. The molecule has 5 nitrogen and oxygen atoms in total. The number of aliphatic hydroxyl groups is 1.